The van der Waals surface area contributed by atoms with Crippen molar-refractivity contribution >= 4 is 24.6 Å². The minimum Gasteiger partial charge on any atom is -0.444 e. The number of rotatable bonds is 0. The first-order chi connectivity index (χ1) is 24.7. The molecule has 10 heteroatoms. The summed E-state index contributed by atoms with van der Waals surface area (Å²) in [5.41, 5.74) is -2.15. The highest BCUT2D eigenvalue weighted by atomic mass is 35.5. The number of hydrogen-bond donors (Lipinski definition) is 1. The third kappa shape index (κ3) is 16.9. The van der Waals surface area contributed by atoms with E-state index >= 15 is 0 Å². The molecule has 35 heavy (non-hydrogen) atoms. The third-order valence-corrected chi connectivity index (χ3v) is 2.94. The fourth-order valence-electron chi connectivity index (χ4n) is 1.72. The van der Waals surface area contributed by atoms with Gasteiger partial charge in [-0.3, -0.25) is 0 Å². The second kappa shape index (κ2) is 16.5. The number of carbonyl (C=O) groups is 2. The summed E-state index contributed by atoms with van der Waals surface area (Å²) in [7, 11) is 1.97. The molecule has 0 saturated carbocycles. The molecular weight excluding hydrogens is 470 g/mol. The highest BCUT2D eigenvalue weighted by molar-refractivity contribution is 5.85. The Morgan fingerprint density at radius 3 is 1.46 bits per heavy atom. The quantitative estimate of drug-likeness (QED) is 0.499. The molecule has 3 heterocycles. The average Bonchev–Trinajstić information content (AvgIpc) is 2.91. The molecule has 3 fully saturated rings. The van der Waals surface area contributed by atoms with Crippen LogP contribution in [0.2, 0.25) is 0 Å². The van der Waals surface area contributed by atoms with Crippen molar-refractivity contribution in [3.8, 4) is 0 Å². The Labute approximate surface area is 254 Å². The summed E-state index contributed by atoms with van der Waals surface area (Å²) in [5, 5.41) is 1.63. The van der Waals surface area contributed by atoms with Crippen LogP contribution in [0, 0.1) is 0 Å². The van der Waals surface area contributed by atoms with Crippen molar-refractivity contribution in [2.75, 3.05) is 79.1 Å². The molecule has 3 saturated heterocycles. The number of piperazine rings is 2. The van der Waals surface area contributed by atoms with Crippen LogP contribution >= 0.6 is 12.4 Å². The van der Waals surface area contributed by atoms with Gasteiger partial charge in [0.15, 0.2) is 0 Å². The first-order valence-electron chi connectivity index (χ1n) is 22.1. The van der Waals surface area contributed by atoms with Gasteiger partial charge in [-0.05, 0) is 81.4 Å². The van der Waals surface area contributed by atoms with Crippen LogP contribution in [0.25, 0.3) is 0 Å². The third-order valence-electron chi connectivity index (χ3n) is 2.94. The van der Waals surface area contributed by atoms with E-state index in [1.165, 1.54) is 41.5 Å². The number of nitrogens with one attached hydrogen (secondary N) is 1. The van der Waals surface area contributed by atoms with E-state index in [0.717, 1.165) is 14.1 Å². The van der Waals surface area contributed by atoms with Crippen LogP contribution in [-0.4, -0.2) is 122 Å². The highest BCUT2D eigenvalue weighted by Gasteiger charge is 2.24. The van der Waals surface area contributed by atoms with Gasteiger partial charge in [-0.15, -0.1) is 12.4 Å². The fraction of sp³-hybridized carbons (Fsp3) is 0.920. The highest BCUT2D eigenvalue weighted by Crippen LogP contribution is 2.11. The van der Waals surface area contributed by atoms with Crippen molar-refractivity contribution in [3.63, 3.8) is 0 Å². The van der Waals surface area contributed by atoms with Crippen LogP contribution in [-0.2, 0) is 9.47 Å². The van der Waals surface area contributed by atoms with E-state index in [2.05, 4.69) is 0 Å². The minimum absolute atomic E-state index is 0. The van der Waals surface area contributed by atoms with E-state index < -0.39 is 108 Å². The van der Waals surface area contributed by atoms with Gasteiger partial charge in [0, 0.05) is 73.9 Å². The molecule has 3 aliphatic heterocycles. The van der Waals surface area contributed by atoms with Crippen molar-refractivity contribution < 1.29 is 52.0 Å². The lowest BCUT2D eigenvalue weighted by atomic mass is 10.1. The van der Waals surface area contributed by atoms with Crippen LogP contribution in [0.3, 0.4) is 0 Å². The van der Waals surface area contributed by atoms with Crippen LogP contribution in [0.5, 0.6) is 0 Å². The number of likely N-dealkylation sites (N-methyl/N-ethyl adjacent to an activating group) is 1. The van der Waals surface area contributed by atoms with Gasteiger partial charge < -0.3 is 34.4 Å². The van der Waals surface area contributed by atoms with E-state index in [9.17, 15) is 9.59 Å². The van der Waals surface area contributed by atoms with Crippen molar-refractivity contribution in [1.29, 1.82) is 0 Å². The molecule has 1 N–H and O–H groups in total. The van der Waals surface area contributed by atoms with Crippen LogP contribution < -0.4 is 5.32 Å². The summed E-state index contributed by atoms with van der Waals surface area (Å²) in [5.74, 6) is 0. The van der Waals surface area contributed by atoms with Gasteiger partial charge in [-0.25, -0.2) is 9.59 Å². The Kier molecular flexibility index (Phi) is 5.27. The molecule has 208 valence electrons. The molecule has 3 aliphatic rings. The van der Waals surface area contributed by atoms with E-state index in [-0.39, 0.29) is 22.2 Å². The van der Waals surface area contributed by atoms with Crippen LogP contribution in [0.4, 0.5) is 9.59 Å². The Morgan fingerprint density at radius 2 is 1.06 bits per heavy atom. The van der Waals surface area contributed by atoms with Crippen molar-refractivity contribution in [2.24, 2.45) is 0 Å². The maximum Gasteiger partial charge on any atom is 0.410 e. The first kappa shape index (κ1) is 11.2. The zero-order valence-corrected chi connectivity index (χ0v) is 21.9. The number of ether oxygens (including phenoxy) is 2. The van der Waals surface area contributed by atoms with Gasteiger partial charge >= 0.3 is 12.2 Å². The number of carbonyl (C=O) groups excluding carboxylic acids is 2. The molecule has 0 aromatic rings. The van der Waals surface area contributed by atoms with Crippen molar-refractivity contribution in [1.82, 2.24) is 24.9 Å². The molecule has 0 spiro atoms. The molecule has 0 bridgehead atoms. The first-order valence-corrected chi connectivity index (χ1v) is 10.1. The van der Waals surface area contributed by atoms with Gasteiger partial charge in [-0.1, -0.05) is 6.42 Å². The molecule has 0 radical (unpaired) electrons. The second-order valence-electron chi connectivity index (χ2n) is 8.55. The maximum atomic E-state index is 12.2. The Hall–Kier alpha value is -1.29. The lowest BCUT2D eigenvalue weighted by Crippen LogP contribution is -2.48. The smallest absolute Gasteiger partial charge is 0.410 e. The average molecular weight is 546 g/mol. The molecule has 0 aromatic heterocycles. The van der Waals surface area contributed by atoms with Crippen LogP contribution in [0.1, 0.15) is 93.6 Å². The number of piperidine rings is 1. The molecule has 0 atom stereocenters. The number of halogens is 1. The van der Waals surface area contributed by atoms with Gasteiger partial charge in [0.25, 0.3) is 0 Å². The summed E-state index contributed by atoms with van der Waals surface area (Å²) in [6.45, 7) is -20.8. The Balaban J connectivity index is 0.000000863. The SMILES string of the molecule is Cl.[2H]C1([2H])CC([2H])([2H])C([2H])([2H])N(C)C1([2H])[2H].[2H]C1([2H])N(C)C([2H])([2H])C([2H])([2H])N(C(=O)OC(C)(C)C)C1([2H])[2H].[2H]C1([2H])NC([2H])([2H])C([2H])([2H])N(C(=O)OC(C)(C)C)C1([2H])[2H]. The normalized spacial score (nSPS) is 47.2. The van der Waals surface area contributed by atoms with Crippen LogP contribution in [0.15, 0.2) is 0 Å². The van der Waals surface area contributed by atoms with E-state index in [1.54, 1.807) is 5.32 Å². The fourth-order valence-corrected chi connectivity index (χ4v) is 1.72. The topological polar surface area (TPSA) is 77.6 Å². The van der Waals surface area contributed by atoms with Crippen molar-refractivity contribution in [3.05, 3.63) is 0 Å². The molecule has 0 aromatic carbocycles. The second-order valence-corrected chi connectivity index (χ2v) is 8.55. The lowest BCUT2D eigenvalue weighted by Gasteiger charge is -2.33. The van der Waals surface area contributed by atoms with Gasteiger partial charge in [0.05, 0.1) is 11.0 Å². The summed E-state index contributed by atoms with van der Waals surface area (Å²) in [6, 6.07) is 0. The zero-order valence-electron chi connectivity index (χ0n) is 45.0. The summed E-state index contributed by atoms with van der Waals surface area (Å²) < 4.78 is 193. The molecule has 2 amide bonds. The number of nitrogens with zero attached hydrogens (tertiary/aromatic N) is 4. The Bertz CT molecular complexity index is 1470. The minimum atomic E-state index is -3.16. The van der Waals surface area contributed by atoms with Gasteiger partial charge in [-0.2, -0.15) is 0 Å². The zero-order chi connectivity index (χ0) is 47.3. The molecular formula is C25H52ClN5O4. The van der Waals surface area contributed by atoms with Gasteiger partial charge in [0.2, 0.25) is 0 Å². The lowest BCUT2D eigenvalue weighted by molar-refractivity contribution is 0.0163. The number of likely N-dealkylation sites (tertiary alicyclic amines) is 1. The number of amides is 2. The van der Waals surface area contributed by atoms with E-state index in [4.69, 9.17) is 42.4 Å². The van der Waals surface area contributed by atoms with Crippen molar-refractivity contribution in [2.45, 2.75) is 71.9 Å². The summed E-state index contributed by atoms with van der Waals surface area (Å²) >= 11 is 0. The molecule has 0 aliphatic carbocycles. The molecule has 3 rings (SSSR count). The van der Waals surface area contributed by atoms with Gasteiger partial charge in [0.1, 0.15) is 11.2 Å². The number of hydrogen-bond acceptors (Lipinski definition) is 7. The monoisotopic (exact) mass is 546 g/mol. The predicted molar refractivity (Wildman–Crippen MR) is 145 cm³/mol. The van der Waals surface area contributed by atoms with E-state index in [1.807, 2.05) is 0 Å². The predicted octanol–water partition coefficient (Wildman–Crippen LogP) is 3.52. The molecule has 0 unspecified atom stereocenters. The Morgan fingerprint density at radius 1 is 0.686 bits per heavy atom. The standard InChI is InChI=1S/C10H20N2O2.C9H18N2O2.C6H13N.ClH/c1-10(2,3)14-9(13)12-7-5-11(4)6-8-12;1-9(2,3)13-8(12)11-6-4-10-5-7-11;1-7-5-3-2-4-6-7;/h5-8H2,1-4H3;10H,4-7H2,1-3H3;2-6H2,1H3;1H/i5D2,6D2,7D2,8D2;4D2,5D2,6D2,7D2;3D2,4D2,5D2,6D2;. The maximum absolute atomic E-state index is 12.2. The van der Waals surface area contributed by atoms with E-state index in [0.29, 0.717) is 9.80 Å². The molecule has 9 nitrogen and oxygen atoms in total. The summed E-state index contributed by atoms with van der Waals surface area (Å²) in [6.07, 6.45) is -8.59. The summed E-state index contributed by atoms with van der Waals surface area (Å²) in [4.78, 5) is 24.8. The largest absolute Gasteiger partial charge is 0.444 e.